The van der Waals surface area contributed by atoms with E-state index >= 15 is 0 Å². The van der Waals surface area contributed by atoms with Crippen molar-refractivity contribution in [2.24, 2.45) is 0 Å². The van der Waals surface area contributed by atoms with E-state index in [2.05, 4.69) is 29.8 Å². The summed E-state index contributed by atoms with van der Waals surface area (Å²) < 4.78 is 0. The molecular formula is C17H24N2O. The number of nitrogens with zero attached hydrogens (tertiary/aromatic N) is 2. The largest absolute Gasteiger partial charge is 0.337 e. The van der Waals surface area contributed by atoms with Crippen LogP contribution in [0.25, 0.3) is 0 Å². The maximum atomic E-state index is 12.8. The highest BCUT2D eigenvalue weighted by Crippen LogP contribution is 2.37. The molecule has 2 aliphatic rings. The molecule has 3 heteroatoms. The fourth-order valence-electron chi connectivity index (χ4n) is 3.68. The fraction of sp³-hybridized carbons (Fsp3) is 0.588. The molecule has 0 saturated carbocycles. The lowest BCUT2D eigenvalue weighted by Crippen LogP contribution is -2.66. The zero-order valence-corrected chi connectivity index (χ0v) is 12.8. The number of carbonyl (C=O) groups excluding carboxylic acids is 1. The van der Waals surface area contributed by atoms with Crippen molar-refractivity contribution in [3.05, 3.63) is 34.9 Å². The maximum absolute atomic E-state index is 12.8. The van der Waals surface area contributed by atoms with Gasteiger partial charge in [-0.15, -0.1) is 0 Å². The first kappa shape index (κ1) is 13.6. The van der Waals surface area contributed by atoms with Crippen LogP contribution in [0.3, 0.4) is 0 Å². The Hall–Kier alpha value is -1.35. The first-order chi connectivity index (χ1) is 9.52. The second-order valence-electron chi connectivity index (χ2n) is 6.54. The van der Waals surface area contributed by atoms with Crippen LogP contribution in [-0.4, -0.2) is 47.9 Å². The molecule has 0 N–H and O–H groups in total. The molecule has 20 heavy (non-hydrogen) atoms. The Morgan fingerprint density at radius 2 is 2.00 bits per heavy atom. The number of aryl methyl sites for hydroxylation is 2. The Morgan fingerprint density at radius 3 is 2.60 bits per heavy atom. The van der Waals surface area contributed by atoms with Crippen molar-refractivity contribution >= 4 is 5.91 Å². The summed E-state index contributed by atoms with van der Waals surface area (Å²) in [5, 5.41) is 0. The lowest BCUT2D eigenvalue weighted by Gasteiger charge is -2.55. The minimum atomic E-state index is 0.210. The van der Waals surface area contributed by atoms with E-state index in [1.54, 1.807) is 0 Å². The van der Waals surface area contributed by atoms with E-state index in [4.69, 9.17) is 0 Å². The predicted octanol–water partition coefficient (Wildman–Crippen LogP) is 2.61. The zero-order valence-electron chi connectivity index (χ0n) is 12.8. The number of rotatable bonds is 1. The number of likely N-dealkylation sites (N-methyl/N-ethyl adjacent to an activating group) is 1. The summed E-state index contributed by atoms with van der Waals surface area (Å²) in [6.45, 7) is 7.08. The summed E-state index contributed by atoms with van der Waals surface area (Å²) in [5.41, 5.74) is 3.45. The lowest BCUT2D eigenvalue weighted by molar-refractivity contribution is -0.0409. The van der Waals surface area contributed by atoms with Gasteiger partial charge in [0, 0.05) is 30.7 Å². The minimum absolute atomic E-state index is 0.210. The van der Waals surface area contributed by atoms with Gasteiger partial charge in [-0.05, 0) is 51.8 Å². The number of amides is 1. The van der Waals surface area contributed by atoms with Crippen LogP contribution in [0.2, 0.25) is 0 Å². The zero-order chi connectivity index (χ0) is 14.3. The molecule has 3 nitrogen and oxygen atoms in total. The van der Waals surface area contributed by atoms with Crippen LogP contribution >= 0.6 is 0 Å². The maximum Gasteiger partial charge on any atom is 0.254 e. The molecule has 0 radical (unpaired) electrons. The van der Waals surface area contributed by atoms with E-state index in [0.717, 1.165) is 30.6 Å². The molecule has 1 spiro atoms. The molecule has 0 aliphatic carbocycles. The standard InChI is InChI=1S/C17H24N2O/c1-13-5-6-15(14(2)11-13)16(20)19-9-4-7-17(12-19)8-10-18(17)3/h5-6,11H,4,7-10,12H2,1-3H3. The topological polar surface area (TPSA) is 23.6 Å². The quantitative estimate of drug-likeness (QED) is 0.784. The normalized spacial score (nSPS) is 26.6. The van der Waals surface area contributed by atoms with Gasteiger partial charge in [0.25, 0.3) is 5.91 Å². The Bertz CT molecular complexity index is 540. The average molecular weight is 272 g/mol. The molecular weight excluding hydrogens is 248 g/mol. The van der Waals surface area contributed by atoms with E-state index in [-0.39, 0.29) is 11.4 Å². The van der Waals surface area contributed by atoms with Gasteiger partial charge in [0.05, 0.1) is 0 Å². The van der Waals surface area contributed by atoms with Crippen molar-refractivity contribution in [2.75, 3.05) is 26.7 Å². The van der Waals surface area contributed by atoms with Crippen molar-refractivity contribution in [1.82, 2.24) is 9.80 Å². The monoisotopic (exact) mass is 272 g/mol. The fourth-order valence-corrected chi connectivity index (χ4v) is 3.68. The van der Waals surface area contributed by atoms with Gasteiger partial charge in [-0.25, -0.2) is 0 Å². The summed E-state index contributed by atoms with van der Waals surface area (Å²) in [6, 6.07) is 6.12. The van der Waals surface area contributed by atoms with Crippen molar-refractivity contribution in [3.63, 3.8) is 0 Å². The molecule has 2 heterocycles. The highest BCUT2D eigenvalue weighted by atomic mass is 16.2. The Labute approximate surface area is 121 Å². The molecule has 1 atom stereocenters. The molecule has 0 bridgehead atoms. The average Bonchev–Trinajstić information content (AvgIpc) is 2.45. The molecule has 2 fully saturated rings. The number of hydrogen-bond donors (Lipinski definition) is 0. The summed E-state index contributed by atoms with van der Waals surface area (Å²) in [4.78, 5) is 17.3. The molecule has 2 aliphatic heterocycles. The molecule has 2 saturated heterocycles. The van der Waals surface area contributed by atoms with Crippen LogP contribution in [0.4, 0.5) is 0 Å². The number of hydrogen-bond acceptors (Lipinski definition) is 2. The van der Waals surface area contributed by atoms with Crippen LogP contribution < -0.4 is 0 Å². The molecule has 1 aromatic carbocycles. The van der Waals surface area contributed by atoms with E-state index in [1.165, 1.54) is 24.9 Å². The molecule has 3 rings (SSSR count). The summed E-state index contributed by atoms with van der Waals surface area (Å²) in [6.07, 6.45) is 3.60. The van der Waals surface area contributed by atoms with Gasteiger partial charge in [0.1, 0.15) is 0 Å². The highest BCUT2D eigenvalue weighted by Gasteiger charge is 2.46. The van der Waals surface area contributed by atoms with Crippen LogP contribution in [0.1, 0.15) is 40.7 Å². The molecule has 1 unspecified atom stereocenters. The number of piperidine rings is 1. The third-order valence-corrected chi connectivity index (χ3v) is 5.18. The third-order valence-electron chi connectivity index (χ3n) is 5.18. The van der Waals surface area contributed by atoms with Gasteiger partial charge >= 0.3 is 0 Å². The van der Waals surface area contributed by atoms with Gasteiger partial charge in [-0.2, -0.15) is 0 Å². The lowest BCUT2D eigenvalue weighted by atomic mass is 9.78. The van der Waals surface area contributed by atoms with Crippen molar-refractivity contribution in [3.8, 4) is 0 Å². The molecule has 108 valence electrons. The molecule has 1 amide bonds. The van der Waals surface area contributed by atoms with Gasteiger partial charge in [-0.1, -0.05) is 17.7 Å². The molecule has 0 aromatic heterocycles. The SMILES string of the molecule is Cc1ccc(C(=O)N2CCCC3(CCN3C)C2)c(C)c1. The van der Waals surface area contributed by atoms with Crippen LogP contribution in [-0.2, 0) is 0 Å². The number of likely N-dealkylation sites (tertiary alicyclic amines) is 2. The van der Waals surface area contributed by atoms with E-state index in [1.807, 2.05) is 19.1 Å². The Morgan fingerprint density at radius 1 is 1.20 bits per heavy atom. The van der Waals surface area contributed by atoms with Crippen LogP contribution in [0, 0.1) is 13.8 Å². The van der Waals surface area contributed by atoms with Crippen LogP contribution in [0.15, 0.2) is 18.2 Å². The summed E-state index contributed by atoms with van der Waals surface area (Å²) >= 11 is 0. The van der Waals surface area contributed by atoms with E-state index in [9.17, 15) is 4.79 Å². The molecule has 1 aromatic rings. The van der Waals surface area contributed by atoms with E-state index in [0.29, 0.717) is 0 Å². The number of benzene rings is 1. The van der Waals surface area contributed by atoms with Crippen molar-refractivity contribution in [1.29, 1.82) is 0 Å². The Balaban J connectivity index is 1.80. The van der Waals surface area contributed by atoms with Gasteiger partial charge in [0.15, 0.2) is 0 Å². The summed E-state index contributed by atoms with van der Waals surface area (Å²) in [7, 11) is 2.19. The summed E-state index contributed by atoms with van der Waals surface area (Å²) in [5.74, 6) is 0.210. The van der Waals surface area contributed by atoms with Gasteiger partial charge in [-0.3, -0.25) is 9.69 Å². The smallest absolute Gasteiger partial charge is 0.254 e. The second-order valence-corrected chi connectivity index (χ2v) is 6.54. The van der Waals surface area contributed by atoms with Crippen LogP contribution in [0.5, 0.6) is 0 Å². The predicted molar refractivity (Wildman–Crippen MR) is 81.0 cm³/mol. The van der Waals surface area contributed by atoms with Gasteiger partial charge < -0.3 is 4.90 Å². The van der Waals surface area contributed by atoms with Crippen molar-refractivity contribution in [2.45, 2.75) is 38.6 Å². The highest BCUT2D eigenvalue weighted by molar-refractivity contribution is 5.95. The first-order valence-corrected chi connectivity index (χ1v) is 7.60. The van der Waals surface area contributed by atoms with Crippen molar-refractivity contribution < 1.29 is 4.79 Å². The van der Waals surface area contributed by atoms with Gasteiger partial charge in [0.2, 0.25) is 0 Å². The van der Waals surface area contributed by atoms with E-state index < -0.39 is 0 Å². The number of carbonyl (C=O) groups is 1. The first-order valence-electron chi connectivity index (χ1n) is 7.60. The second kappa shape index (κ2) is 4.88. The minimum Gasteiger partial charge on any atom is -0.337 e. The third kappa shape index (κ3) is 2.14. The Kier molecular flexibility index (Phi) is 3.33.